The standard InChI is InChI=1S/C18H23N5O2/c24-17(20-15-11-18(25-12-15)8-2-1-3-9-18)10-14-4-6-16(7-5-14)23-13-19-21-22-23/h4-7,13,15H,1-3,8-12H2,(H,20,24)/t15-/m1/s1. The van der Waals surface area contributed by atoms with Crippen molar-refractivity contribution >= 4 is 5.91 Å². The molecule has 2 aliphatic rings. The van der Waals surface area contributed by atoms with E-state index in [1.54, 1.807) is 11.0 Å². The van der Waals surface area contributed by atoms with Gasteiger partial charge in [-0.15, -0.1) is 5.10 Å². The Labute approximate surface area is 146 Å². The lowest BCUT2D eigenvalue weighted by atomic mass is 9.82. The molecule has 4 rings (SSSR count). The van der Waals surface area contributed by atoms with Crippen molar-refractivity contribution in [2.75, 3.05) is 6.61 Å². The average Bonchev–Trinajstić information content (AvgIpc) is 3.27. The molecule has 1 aromatic carbocycles. The Morgan fingerprint density at radius 3 is 2.76 bits per heavy atom. The highest BCUT2D eigenvalue weighted by Gasteiger charge is 2.41. The van der Waals surface area contributed by atoms with Crippen LogP contribution in [-0.2, 0) is 16.0 Å². The lowest BCUT2D eigenvalue weighted by Gasteiger charge is -2.32. The van der Waals surface area contributed by atoms with E-state index >= 15 is 0 Å². The van der Waals surface area contributed by atoms with Gasteiger partial charge in [0, 0.05) is 0 Å². The molecule has 2 aromatic rings. The van der Waals surface area contributed by atoms with Crippen LogP contribution in [0.25, 0.3) is 5.69 Å². The number of hydrogen-bond donors (Lipinski definition) is 1. The first kappa shape index (κ1) is 16.2. The molecular weight excluding hydrogens is 318 g/mol. The van der Waals surface area contributed by atoms with Crippen molar-refractivity contribution in [2.45, 2.75) is 56.6 Å². The maximum absolute atomic E-state index is 12.3. The highest BCUT2D eigenvalue weighted by Crippen LogP contribution is 2.39. The molecule has 7 heteroatoms. The van der Waals surface area contributed by atoms with E-state index in [9.17, 15) is 4.79 Å². The van der Waals surface area contributed by atoms with Gasteiger partial charge in [-0.3, -0.25) is 4.79 Å². The fourth-order valence-electron chi connectivity index (χ4n) is 3.99. The molecule has 25 heavy (non-hydrogen) atoms. The number of rotatable bonds is 4. The molecule has 2 fully saturated rings. The van der Waals surface area contributed by atoms with E-state index in [2.05, 4.69) is 20.8 Å². The number of carbonyl (C=O) groups is 1. The predicted octanol–water partition coefficient (Wildman–Crippen LogP) is 1.81. The number of carbonyl (C=O) groups excluding carboxylic acids is 1. The monoisotopic (exact) mass is 341 g/mol. The Bertz CT molecular complexity index is 708. The highest BCUT2D eigenvalue weighted by atomic mass is 16.5. The van der Waals surface area contributed by atoms with Crippen LogP contribution in [0.2, 0.25) is 0 Å². The van der Waals surface area contributed by atoms with E-state index in [1.807, 2.05) is 24.3 Å². The minimum Gasteiger partial charge on any atom is -0.373 e. The summed E-state index contributed by atoms with van der Waals surface area (Å²) < 4.78 is 7.65. The Balaban J connectivity index is 1.30. The quantitative estimate of drug-likeness (QED) is 0.917. The summed E-state index contributed by atoms with van der Waals surface area (Å²) in [6, 6.07) is 7.84. The Morgan fingerprint density at radius 2 is 2.04 bits per heavy atom. The largest absolute Gasteiger partial charge is 0.373 e. The van der Waals surface area contributed by atoms with Gasteiger partial charge in [-0.1, -0.05) is 31.4 Å². The van der Waals surface area contributed by atoms with Crippen LogP contribution >= 0.6 is 0 Å². The Kier molecular flexibility index (Phi) is 4.48. The summed E-state index contributed by atoms with van der Waals surface area (Å²) >= 11 is 0. The summed E-state index contributed by atoms with van der Waals surface area (Å²) in [5, 5.41) is 14.2. The fourth-order valence-corrected chi connectivity index (χ4v) is 3.99. The van der Waals surface area contributed by atoms with Crippen molar-refractivity contribution in [1.82, 2.24) is 25.5 Å². The lowest BCUT2D eigenvalue weighted by molar-refractivity contribution is -0.121. The molecule has 1 aromatic heterocycles. The smallest absolute Gasteiger partial charge is 0.224 e. The summed E-state index contributed by atoms with van der Waals surface area (Å²) in [5.41, 5.74) is 1.88. The van der Waals surface area contributed by atoms with E-state index < -0.39 is 0 Å². The molecule has 1 aliphatic heterocycles. The molecule has 1 N–H and O–H groups in total. The zero-order chi connectivity index (χ0) is 17.1. The maximum Gasteiger partial charge on any atom is 0.224 e. The molecule has 0 unspecified atom stereocenters. The minimum atomic E-state index is 0.0314. The molecule has 2 heterocycles. The summed E-state index contributed by atoms with van der Waals surface area (Å²) in [6.45, 7) is 0.643. The molecule has 1 amide bonds. The number of nitrogens with zero attached hydrogens (tertiary/aromatic N) is 4. The molecule has 1 spiro atoms. The highest BCUT2D eigenvalue weighted by molar-refractivity contribution is 5.79. The Morgan fingerprint density at radius 1 is 1.24 bits per heavy atom. The van der Waals surface area contributed by atoms with E-state index in [-0.39, 0.29) is 17.6 Å². The van der Waals surface area contributed by atoms with Crippen LogP contribution in [0.1, 0.15) is 44.1 Å². The molecular formula is C18H23N5O2. The molecule has 1 atom stereocenters. The number of hydrogen-bond acceptors (Lipinski definition) is 5. The number of tetrazole rings is 1. The number of benzene rings is 1. The van der Waals surface area contributed by atoms with Crippen LogP contribution < -0.4 is 5.32 Å². The molecule has 1 saturated heterocycles. The van der Waals surface area contributed by atoms with Crippen LogP contribution in [0.15, 0.2) is 30.6 Å². The molecule has 132 valence electrons. The number of nitrogens with one attached hydrogen (secondary N) is 1. The van der Waals surface area contributed by atoms with Crippen LogP contribution in [-0.4, -0.2) is 44.4 Å². The van der Waals surface area contributed by atoms with Crippen molar-refractivity contribution in [3.8, 4) is 5.69 Å². The zero-order valence-electron chi connectivity index (χ0n) is 14.2. The maximum atomic E-state index is 12.3. The molecule has 1 saturated carbocycles. The summed E-state index contributed by atoms with van der Waals surface area (Å²) in [5.74, 6) is 0.0524. The molecule has 0 bridgehead atoms. The second-order valence-corrected chi connectivity index (χ2v) is 7.12. The van der Waals surface area contributed by atoms with Crippen LogP contribution in [0, 0.1) is 0 Å². The first-order valence-corrected chi connectivity index (χ1v) is 8.98. The molecule has 7 nitrogen and oxygen atoms in total. The van der Waals surface area contributed by atoms with Crippen LogP contribution in [0.5, 0.6) is 0 Å². The van der Waals surface area contributed by atoms with Crippen molar-refractivity contribution in [3.05, 3.63) is 36.2 Å². The average molecular weight is 341 g/mol. The SMILES string of the molecule is O=C(Cc1ccc(-n2cnnn2)cc1)N[C@H]1COC2(CCCCC2)C1. The van der Waals surface area contributed by atoms with Crippen molar-refractivity contribution in [2.24, 2.45) is 0 Å². The van der Waals surface area contributed by atoms with Gasteiger partial charge in [0.1, 0.15) is 6.33 Å². The van der Waals surface area contributed by atoms with Gasteiger partial charge in [-0.2, -0.15) is 0 Å². The molecule has 0 radical (unpaired) electrons. The first-order valence-electron chi connectivity index (χ1n) is 8.98. The number of aromatic nitrogens is 4. The van der Waals surface area contributed by atoms with Crippen LogP contribution in [0.3, 0.4) is 0 Å². The van der Waals surface area contributed by atoms with Crippen molar-refractivity contribution < 1.29 is 9.53 Å². The summed E-state index contributed by atoms with van der Waals surface area (Å²) in [6.07, 6.45) is 8.95. The normalized spacial score (nSPS) is 22.2. The molecule has 1 aliphatic carbocycles. The van der Waals surface area contributed by atoms with Gasteiger partial charge in [0.05, 0.1) is 30.4 Å². The van der Waals surface area contributed by atoms with Gasteiger partial charge < -0.3 is 10.1 Å². The van der Waals surface area contributed by atoms with E-state index in [0.29, 0.717) is 13.0 Å². The van der Waals surface area contributed by atoms with E-state index in [1.165, 1.54) is 19.3 Å². The predicted molar refractivity (Wildman–Crippen MR) is 91.2 cm³/mol. The number of ether oxygens (including phenoxy) is 1. The third-order valence-electron chi connectivity index (χ3n) is 5.25. The minimum absolute atomic E-state index is 0.0314. The zero-order valence-corrected chi connectivity index (χ0v) is 14.2. The van der Waals surface area contributed by atoms with Gasteiger partial charge in [0.25, 0.3) is 0 Å². The fraction of sp³-hybridized carbons (Fsp3) is 0.556. The van der Waals surface area contributed by atoms with Gasteiger partial charge >= 0.3 is 0 Å². The summed E-state index contributed by atoms with van der Waals surface area (Å²) in [7, 11) is 0. The number of amides is 1. The van der Waals surface area contributed by atoms with Gasteiger partial charge in [0.15, 0.2) is 0 Å². The topological polar surface area (TPSA) is 81.9 Å². The van der Waals surface area contributed by atoms with Gasteiger partial charge in [-0.05, 0) is 47.4 Å². The summed E-state index contributed by atoms with van der Waals surface area (Å²) in [4.78, 5) is 12.3. The second kappa shape index (κ2) is 6.92. The lowest BCUT2D eigenvalue weighted by Crippen LogP contribution is -2.38. The van der Waals surface area contributed by atoms with Crippen molar-refractivity contribution in [3.63, 3.8) is 0 Å². The Hall–Kier alpha value is -2.28. The third-order valence-corrected chi connectivity index (χ3v) is 5.25. The second-order valence-electron chi connectivity index (χ2n) is 7.12. The van der Waals surface area contributed by atoms with E-state index in [0.717, 1.165) is 30.5 Å². The van der Waals surface area contributed by atoms with Crippen LogP contribution in [0.4, 0.5) is 0 Å². The third kappa shape index (κ3) is 3.71. The first-order chi connectivity index (χ1) is 12.2. The van der Waals surface area contributed by atoms with E-state index in [4.69, 9.17) is 4.74 Å². The van der Waals surface area contributed by atoms with Crippen molar-refractivity contribution in [1.29, 1.82) is 0 Å². The van der Waals surface area contributed by atoms with Gasteiger partial charge in [0.2, 0.25) is 5.91 Å². The van der Waals surface area contributed by atoms with Gasteiger partial charge in [-0.25, -0.2) is 4.68 Å².